The van der Waals surface area contributed by atoms with E-state index >= 15 is 0 Å². The molecule has 1 aromatic rings. The van der Waals surface area contributed by atoms with Gasteiger partial charge in [0.15, 0.2) is 0 Å². The van der Waals surface area contributed by atoms with Crippen molar-refractivity contribution in [3.05, 3.63) is 27.4 Å². The third-order valence-corrected chi connectivity index (χ3v) is 3.41. The molecule has 1 aliphatic heterocycles. The first kappa shape index (κ1) is 14.0. The largest absolute Gasteiger partial charge is 0.354 e. The molecular formula is C12H17ClN4O2. The number of hydrogen-bond acceptors (Lipinski definition) is 5. The van der Waals surface area contributed by atoms with Gasteiger partial charge in [0.2, 0.25) is 0 Å². The molecule has 19 heavy (non-hydrogen) atoms. The van der Waals surface area contributed by atoms with Crippen LogP contribution >= 0.6 is 11.6 Å². The lowest BCUT2D eigenvalue weighted by Crippen LogP contribution is -2.46. The normalized spacial score (nSPS) is 16.6. The van der Waals surface area contributed by atoms with Crippen LogP contribution in [0.1, 0.15) is 13.3 Å². The maximum Gasteiger partial charge on any atom is 0.276 e. The zero-order chi connectivity index (χ0) is 13.8. The van der Waals surface area contributed by atoms with Crippen molar-refractivity contribution in [1.29, 1.82) is 0 Å². The summed E-state index contributed by atoms with van der Waals surface area (Å²) in [5.74, 6) is 0.593. The fourth-order valence-electron chi connectivity index (χ4n) is 2.25. The van der Waals surface area contributed by atoms with Crippen LogP contribution in [-0.4, -0.2) is 47.5 Å². The lowest BCUT2D eigenvalue weighted by molar-refractivity contribution is -0.384. The molecule has 104 valence electrons. The van der Waals surface area contributed by atoms with Crippen molar-refractivity contribution in [3.8, 4) is 0 Å². The average molecular weight is 285 g/mol. The molecule has 6 nitrogen and oxygen atoms in total. The molecule has 0 aromatic carbocycles. The van der Waals surface area contributed by atoms with Gasteiger partial charge in [-0.3, -0.25) is 15.0 Å². The lowest BCUT2D eigenvalue weighted by atomic mass is 10.3. The van der Waals surface area contributed by atoms with Gasteiger partial charge in [-0.1, -0.05) is 18.5 Å². The summed E-state index contributed by atoms with van der Waals surface area (Å²) in [4.78, 5) is 19.0. The van der Waals surface area contributed by atoms with Gasteiger partial charge in [-0.25, -0.2) is 4.98 Å². The first-order valence-corrected chi connectivity index (χ1v) is 6.77. The number of aromatic nitrogens is 1. The molecule has 1 aromatic heterocycles. The van der Waals surface area contributed by atoms with E-state index in [1.165, 1.54) is 12.1 Å². The van der Waals surface area contributed by atoms with Gasteiger partial charge in [0.25, 0.3) is 5.69 Å². The molecule has 2 heterocycles. The zero-order valence-corrected chi connectivity index (χ0v) is 11.6. The number of hydrogen-bond donors (Lipinski definition) is 0. The molecule has 0 amide bonds. The van der Waals surface area contributed by atoms with E-state index in [0.717, 1.165) is 39.1 Å². The number of halogens is 1. The number of nitrogens with zero attached hydrogens (tertiary/aromatic N) is 4. The number of nitro groups is 1. The molecule has 0 bridgehead atoms. The van der Waals surface area contributed by atoms with Gasteiger partial charge in [0, 0.05) is 26.2 Å². The molecular weight excluding hydrogens is 268 g/mol. The van der Waals surface area contributed by atoms with Gasteiger partial charge in [0.1, 0.15) is 11.0 Å². The summed E-state index contributed by atoms with van der Waals surface area (Å²) < 4.78 is 0. The van der Waals surface area contributed by atoms with Crippen molar-refractivity contribution in [2.24, 2.45) is 0 Å². The van der Waals surface area contributed by atoms with Crippen molar-refractivity contribution < 1.29 is 4.92 Å². The first-order chi connectivity index (χ1) is 9.10. The Balaban J connectivity index is 2.09. The van der Waals surface area contributed by atoms with E-state index in [0.29, 0.717) is 5.82 Å². The fraction of sp³-hybridized carbons (Fsp3) is 0.583. The SMILES string of the molecule is CCCN1CCN(c2cc([N+](=O)[O-])cc(Cl)n2)CC1. The summed E-state index contributed by atoms with van der Waals surface area (Å²) in [6.45, 7) is 6.81. The molecule has 0 radical (unpaired) electrons. The molecule has 0 aliphatic carbocycles. The predicted octanol–water partition coefficient (Wildman–Crippen LogP) is 2.18. The van der Waals surface area contributed by atoms with E-state index in [1.807, 2.05) is 4.90 Å². The Bertz CT molecular complexity index is 461. The predicted molar refractivity (Wildman–Crippen MR) is 74.8 cm³/mol. The Morgan fingerprint density at radius 3 is 2.63 bits per heavy atom. The second kappa shape index (κ2) is 6.16. The van der Waals surface area contributed by atoms with Crippen LogP contribution in [0.15, 0.2) is 12.1 Å². The maximum atomic E-state index is 10.8. The summed E-state index contributed by atoms with van der Waals surface area (Å²) >= 11 is 5.84. The molecule has 1 aliphatic rings. The van der Waals surface area contributed by atoms with Crippen LogP contribution in [0.25, 0.3) is 0 Å². The molecule has 0 N–H and O–H groups in total. The van der Waals surface area contributed by atoms with Gasteiger partial charge in [-0.15, -0.1) is 0 Å². The van der Waals surface area contributed by atoms with Crippen molar-refractivity contribution in [2.45, 2.75) is 13.3 Å². The zero-order valence-electron chi connectivity index (χ0n) is 10.9. The number of anilines is 1. The van der Waals surface area contributed by atoms with Gasteiger partial charge in [-0.05, 0) is 13.0 Å². The third kappa shape index (κ3) is 3.54. The topological polar surface area (TPSA) is 62.5 Å². The summed E-state index contributed by atoms with van der Waals surface area (Å²) in [6, 6.07) is 2.76. The maximum absolute atomic E-state index is 10.8. The summed E-state index contributed by atoms with van der Waals surface area (Å²) in [6.07, 6.45) is 1.14. The first-order valence-electron chi connectivity index (χ1n) is 6.39. The molecule has 0 atom stereocenters. The monoisotopic (exact) mass is 284 g/mol. The molecule has 1 saturated heterocycles. The van der Waals surface area contributed by atoms with Crippen LogP contribution in [-0.2, 0) is 0 Å². The van der Waals surface area contributed by atoms with E-state index < -0.39 is 4.92 Å². The number of piperazine rings is 1. The van der Waals surface area contributed by atoms with Crippen LogP contribution < -0.4 is 4.90 Å². The van der Waals surface area contributed by atoms with Crippen LogP contribution in [0.4, 0.5) is 11.5 Å². The van der Waals surface area contributed by atoms with Crippen molar-refractivity contribution in [1.82, 2.24) is 9.88 Å². The highest BCUT2D eigenvalue weighted by Gasteiger charge is 2.20. The standard InChI is InChI=1S/C12H17ClN4O2/c1-2-3-15-4-6-16(7-5-15)12-9-10(17(18)19)8-11(13)14-12/h8-9H,2-7H2,1H3. The highest BCUT2D eigenvalue weighted by atomic mass is 35.5. The summed E-state index contributed by atoms with van der Waals surface area (Å²) in [5, 5.41) is 11.0. The quantitative estimate of drug-likeness (QED) is 0.482. The smallest absolute Gasteiger partial charge is 0.276 e. The van der Waals surface area contributed by atoms with E-state index in [9.17, 15) is 10.1 Å². The molecule has 1 fully saturated rings. The van der Waals surface area contributed by atoms with Gasteiger partial charge < -0.3 is 4.90 Å². The van der Waals surface area contributed by atoms with Gasteiger partial charge >= 0.3 is 0 Å². The summed E-state index contributed by atoms with van der Waals surface area (Å²) in [5.41, 5.74) is -0.00834. The molecule has 7 heteroatoms. The molecule has 0 unspecified atom stereocenters. The Morgan fingerprint density at radius 2 is 2.05 bits per heavy atom. The fourth-order valence-corrected chi connectivity index (χ4v) is 2.45. The van der Waals surface area contributed by atoms with Gasteiger partial charge in [-0.2, -0.15) is 0 Å². The average Bonchev–Trinajstić information content (AvgIpc) is 2.39. The minimum atomic E-state index is -0.440. The lowest BCUT2D eigenvalue weighted by Gasteiger charge is -2.35. The Labute approximate surface area is 117 Å². The van der Waals surface area contributed by atoms with Crippen LogP contribution in [0.5, 0.6) is 0 Å². The highest BCUT2D eigenvalue weighted by molar-refractivity contribution is 6.29. The van der Waals surface area contributed by atoms with E-state index in [2.05, 4.69) is 16.8 Å². The van der Waals surface area contributed by atoms with Crippen LogP contribution in [0.2, 0.25) is 5.15 Å². The minimum absolute atomic E-state index is 0.00834. The Hall–Kier alpha value is -1.40. The molecule has 2 rings (SSSR count). The number of pyridine rings is 1. The summed E-state index contributed by atoms with van der Waals surface area (Å²) in [7, 11) is 0. The van der Waals surface area contributed by atoms with E-state index in [-0.39, 0.29) is 10.8 Å². The molecule has 0 saturated carbocycles. The second-order valence-corrected chi connectivity index (χ2v) is 4.98. The molecule has 0 spiro atoms. The van der Waals surface area contributed by atoms with E-state index in [1.54, 1.807) is 0 Å². The van der Waals surface area contributed by atoms with Crippen LogP contribution in [0, 0.1) is 10.1 Å². The van der Waals surface area contributed by atoms with E-state index in [4.69, 9.17) is 11.6 Å². The Kier molecular flexibility index (Phi) is 4.55. The third-order valence-electron chi connectivity index (χ3n) is 3.21. The Morgan fingerprint density at radius 1 is 1.37 bits per heavy atom. The van der Waals surface area contributed by atoms with Crippen molar-refractivity contribution in [2.75, 3.05) is 37.6 Å². The second-order valence-electron chi connectivity index (χ2n) is 4.59. The van der Waals surface area contributed by atoms with Crippen molar-refractivity contribution >= 4 is 23.1 Å². The number of rotatable bonds is 4. The van der Waals surface area contributed by atoms with Gasteiger partial charge in [0.05, 0.1) is 17.1 Å². The highest BCUT2D eigenvalue weighted by Crippen LogP contribution is 2.24. The van der Waals surface area contributed by atoms with Crippen molar-refractivity contribution in [3.63, 3.8) is 0 Å². The van der Waals surface area contributed by atoms with Crippen LogP contribution in [0.3, 0.4) is 0 Å². The minimum Gasteiger partial charge on any atom is -0.354 e.